The fourth-order valence-corrected chi connectivity index (χ4v) is 2.96. The van der Waals surface area contributed by atoms with Crippen molar-refractivity contribution >= 4 is 0 Å². The maximum absolute atomic E-state index is 5.95. The minimum Gasteiger partial charge on any atom is -0.328 e. The van der Waals surface area contributed by atoms with E-state index in [9.17, 15) is 0 Å². The standard InChI is InChI=1S/C10H20N2/c11-9-3-1-7-5-10(12)4-2-8(7)6-9/h7-10H,1-6,11-12H2/t7?,8?,9-,10+. The van der Waals surface area contributed by atoms with Gasteiger partial charge in [-0.05, 0) is 50.4 Å². The third-order valence-electron chi connectivity index (χ3n) is 3.69. The maximum atomic E-state index is 5.95. The van der Waals surface area contributed by atoms with Crippen molar-refractivity contribution in [1.29, 1.82) is 0 Å². The first kappa shape index (κ1) is 8.52. The Morgan fingerprint density at radius 3 is 1.50 bits per heavy atom. The summed E-state index contributed by atoms with van der Waals surface area (Å²) < 4.78 is 0. The van der Waals surface area contributed by atoms with Crippen molar-refractivity contribution in [3.63, 3.8) is 0 Å². The average molecular weight is 168 g/mol. The molecule has 0 heterocycles. The molecule has 2 heteroatoms. The second kappa shape index (κ2) is 3.35. The molecule has 0 saturated heterocycles. The fourth-order valence-electron chi connectivity index (χ4n) is 2.96. The van der Waals surface area contributed by atoms with Crippen LogP contribution in [0, 0.1) is 11.8 Å². The lowest BCUT2D eigenvalue weighted by molar-refractivity contribution is 0.144. The Bertz CT molecular complexity index is 140. The monoisotopic (exact) mass is 168 g/mol. The lowest BCUT2D eigenvalue weighted by atomic mass is 9.68. The molecular formula is C10H20N2. The molecule has 12 heavy (non-hydrogen) atoms. The van der Waals surface area contributed by atoms with Crippen LogP contribution in [0.5, 0.6) is 0 Å². The number of hydrogen-bond acceptors (Lipinski definition) is 2. The number of hydrogen-bond donors (Lipinski definition) is 2. The van der Waals surface area contributed by atoms with Crippen LogP contribution >= 0.6 is 0 Å². The van der Waals surface area contributed by atoms with E-state index < -0.39 is 0 Å². The zero-order chi connectivity index (χ0) is 8.55. The van der Waals surface area contributed by atoms with E-state index >= 15 is 0 Å². The molecule has 0 amide bonds. The van der Waals surface area contributed by atoms with Crippen LogP contribution in [-0.4, -0.2) is 12.1 Å². The highest BCUT2D eigenvalue weighted by molar-refractivity contribution is 4.88. The van der Waals surface area contributed by atoms with Gasteiger partial charge in [0, 0.05) is 12.1 Å². The van der Waals surface area contributed by atoms with Gasteiger partial charge in [-0.1, -0.05) is 0 Å². The van der Waals surface area contributed by atoms with Crippen molar-refractivity contribution in [1.82, 2.24) is 0 Å². The molecule has 2 aliphatic carbocycles. The highest BCUT2D eigenvalue weighted by Crippen LogP contribution is 2.39. The Morgan fingerprint density at radius 1 is 0.667 bits per heavy atom. The third kappa shape index (κ3) is 1.64. The highest BCUT2D eigenvalue weighted by atomic mass is 14.7. The second-order valence-corrected chi connectivity index (χ2v) is 4.67. The first-order chi connectivity index (χ1) is 5.75. The van der Waals surface area contributed by atoms with Crippen LogP contribution in [0.1, 0.15) is 38.5 Å². The number of rotatable bonds is 0. The fraction of sp³-hybridized carbons (Fsp3) is 1.00. The summed E-state index contributed by atoms with van der Waals surface area (Å²) in [5.41, 5.74) is 11.9. The van der Waals surface area contributed by atoms with Crippen LogP contribution in [0.2, 0.25) is 0 Å². The van der Waals surface area contributed by atoms with Crippen LogP contribution in [0.15, 0.2) is 0 Å². The molecule has 2 aliphatic rings. The molecule has 0 aliphatic heterocycles. The highest BCUT2D eigenvalue weighted by Gasteiger charge is 2.33. The molecule has 70 valence electrons. The van der Waals surface area contributed by atoms with Gasteiger partial charge in [0.1, 0.15) is 0 Å². The van der Waals surface area contributed by atoms with E-state index in [1.807, 2.05) is 0 Å². The predicted molar refractivity (Wildman–Crippen MR) is 50.6 cm³/mol. The largest absolute Gasteiger partial charge is 0.328 e. The lowest BCUT2D eigenvalue weighted by Crippen LogP contribution is -2.40. The van der Waals surface area contributed by atoms with Crippen LogP contribution in [0.25, 0.3) is 0 Å². The maximum Gasteiger partial charge on any atom is 0.00416 e. The first-order valence-electron chi connectivity index (χ1n) is 5.27. The first-order valence-corrected chi connectivity index (χ1v) is 5.27. The second-order valence-electron chi connectivity index (χ2n) is 4.67. The molecule has 2 fully saturated rings. The van der Waals surface area contributed by atoms with E-state index in [1.54, 1.807) is 0 Å². The molecule has 2 saturated carbocycles. The summed E-state index contributed by atoms with van der Waals surface area (Å²) in [7, 11) is 0. The van der Waals surface area contributed by atoms with Crippen LogP contribution in [0.4, 0.5) is 0 Å². The molecular weight excluding hydrogens is 148 g/mol. The molecule has 0 aromatic carbocycles. The Balaban J connectivity index is 1.94. The topological polar surface area (TPSA) is 52.0 Å². The van der Waals surface area contributed by atoms with Gasteiger partial charge in [-0.25, -0.2) is 0 Å². The molecule has 4 N–H and O–H groups in total. The summed E-state index contributed by atoms with van der Waals surface area (Å²) in [6, 6.07) is 0.973. The van der Waals surface area contributed by atoms with Gasteiger partial charge in [-0.15, -0.1) is 0 Å². The van der Waals surface area contributed by atoms with Crippen LogP contribution in [0.3, 0.4) is 0 Å². The molecule has 0 aromatic rings. The SMILES string of the molecule is N[C@@H]1CCC2C[C@@H](N)CCC2C1. The molecule has 4 atom stereocenters. The average Bonchev–Trinajstić information content (AvgIpc) is 2.05. The van der Waals surface area contributed by atoms with Gasteiger partial charge in [0.15, 0.2) is 0 Å². The van der Waals surface area contributed by atoms with E-state index in [-0.39, 0.29) is 0 Å². The van der Waals surface area contributed by atoms with Crippen LogP contribution < -0.4 is 11.5 Å². The normalized spacial score (nSPS) is 48.5. The Hall–Kier alpha value is -0.0800. The van der Waals surface area contributed by atoms with Gasteiger partial charge in [-0.3, -0.25) is 0 Å². The molecule has 2 rings (SSSR count). The van der Waals surface area contributed by atoms with Crippen molar-refractivity contribution in [3.8, 4) is 0 Å². The summed E-state index contributed by atoms with van der Waals surface area (Å²) in [5, 5.41) is 0. The molecule has 0 aromatic heterocycles. The number of fused-ring (bicyclic) bond motifs is 1. The molecule has 0 bridgehead atoms. The quantitative estimate of drug-likeness (QED) is 0.572. The summed E-state index contributed by atoms with van der Waals surface area (Å²) in [6.45, 7) is 0. The zero-order valence-electron chi connectivity index (χ0n) is 7.71. The Kier molecular flexibility index (Phi) is 2.37. The summed E-state index contributed by atoms with van der Waals surface area (Å²) in [5.74, 6) is 1.82. The molecule has 2 unspecified atom stereocenters. The van der Waals surface area contributed by atoms with Gasteiger partial charge in [0.25, 0.3) is 0 Å². The van der Waals surface area contributed by atoms with E-state index in [0.717, 1.165) is 11.8 Å². The predicted octanol–water partition coefficient (Wildman–Crippen LogP) is 1.24. The van der Waals surface area contributed by atoms with Crippen molar-refractivity contribution in [2.45, 2.75) is 50.6 Å². The van der Waals surface area contributed by atoms with Crippen molar-refractivity contribution < 1.29 is 0 Å². The van der Waals surface area contributed by atoms with E-state index in [0.29, 0.717) is 12.1 Å². The van der Waals surface area contributed by atoms with Crippen LogP contribution in [-0.2, 0) is 0 Å². The van der Waals surface area contributed by atoms with Gasteiger partial charge >= 0.3 is 0 Å². The Labute approximate surface area is 74.7 Å². The molecule has 0 spiro atoms. The third-order valence-corrected chi connectivity index (χ3v) is 3.69. The minimum atomic E-state index is 0.487. The van der Waals surface area contributed by atoms with E-state index in [4.69, 9.17) is 11.5 Å². The zero-order valence-corrected chi connectivity index (χ0v) is 7.71. The molecule has 0 radical (unpaired) electrons. The minimum absolute atomic E-state index is 0.487. The van der Waals surface area contributed by atoms with Gasteiger partial charge in [0.2, 0.25) is 0 Å². The van der Waals surface area contributed by atoms with Crippen molar-refractivity contribution in [2.75, 3.05) is 0 Å². The van der Waals surface area contributed by atoms with Crippen molar-refractivity contribution in [3.05, 3.63) is 0 Å². The van der Waals surface area contributed by atoms with Crippen molar-refractivity contribution in [2.24, 2.45) is 23.3 Å². The van der Waals surface area contributed by atoms with Gasteiger partial charge < -0.3 is 11.5 Å². The lowest BCUT2D eigenvalue weighted by Gasteiger charge is -2.40. The smallest absolute Gasteiger partial charge is 0.00416 e. The van der Waals surface area contributed by atoms with E-state index in [2.05, 4.69) is 0 Å². The van der Waals surface area contributed by atoms with Gasteiger partial charge in [-0.2, -0.15) is 0 Å². The Morgan fingerprint density at radius 2 is 1.08 bits per heavy atom. The number of nitrogens with two attached hydrogens (primary N) is 2. The molecule has 2 nitrogen and oxygen atoms in total. The summed E-state index contributed by atoms with van der Waals surface area (Å²) in [4.78, 5) is 0. The van der Waals surface area contributed by atoms with Gasteiger partial charge in [0.05, 0.1) is 0 Å². The summed E-state index contributed by atoms with van der Waals surface area (Å²) >= 11 is 0. The summed E-state index contributed by atoms with van der Waals surface area (Å²) in [6.07, 6.45) is 7.65. The van der Waals surface area contributed by atoms with E-state index in [1.165, 1.54) is 38.5 Å².